The third-order valence-corrected chi connectivity index (χ3v) is 2.99. The molecule has 1 saturated heterocycles. The number of rotatable bonds is 5. The minimum atomic E-state index is -1.60. The van der Waals surface area contributed by atoms with Crippen LogP contribution in [0.5, 0.6) is 0 Å². The molecule has 0 radical (unpaired) electrons. The monoisotopic (exact) mass is 288 g/mol. The van der Waals surface area contributed by atoms with E-state index in [1.54, 1.807) is 0 Å². The van der Waals surface area contributed by atoms with Crippen LogP contribution in [0.2, 0.25) is 0 Å². The Hall–Kier alpha value is -1.60. The number of anilines is 1. The van der Waals surface area contributed by atoms with Gasteiger partial charge in [0.1, 0.15) is 0 Å². The molecule has 110 valence electrons. The van der Waals surface area contributed by atoms with E-state index in [2.05, 4.69) is 10.6 Å². The summed E-state index contributed by atoms with van der Waals surface area (Å²) in [6.45, 7) is 1.19. The van der Waals surface area contributed by atoms with Gasteiger partial charge < -0.3 is 15.4 Å². The number of benzene rings is 1. The number of carbonyl (C=O) groups is 1. The van der Waals surface area contributed by atoms with Crippen LogP contribution in [0.25, 0.3) is 0 Å². The lowest BCUT2D eigenvalue weighted by molar-refractivity contribution is -0.115. The van der Waals surface area contributed by atoms with Crippen LogP contribution in [0.3, 0.4) is 0 Å². The molecule has 1 amide bonds. The molecular formula is C13H15F3N2O2. The van der Waals surface area contributed by atoms with Crippen molar-refractivity contribution in [3.63, 3.8) is 0 Å². The molecule has 4 nitrogen and oxygen atoms in total. The number of halogens is 3. The van der Waals surface area contributed by atoms with E-state index < -0.39 is 23.4 Å². The highest BCUT2D eigenvalue weighted by Gasteiger charge is 2.17. The molecule has 1 unspecified atom stereocenters. The van der Waals surface area contributed by atoms with Crippen molar-refractivity contribution < 1.29 is 22.7 Å². The summed E-state index contributed by atoms with van der Waals surface area (Å²) in [5, 5.41) is 5.05. The Morgan fingerprint density at radius 3 is 2.80 bits per heavy atom. The summed E-state index contributed by atoms with van der Waals surface area (Å²) in [6.07, 6.45) is 2.02. The van der Waals surface area contributed by atoms with E-state index in [-0.39, 0.29) is 18.3 Å². The molecule has 2 N–H and O–H groups in total. The predicted octanol–water partition coefficient (Wildman–Crippen LogP) is 1.81. The molecule has 0 spiro atoms. The van der Waals surface area contributed by atoms with E-state index in [1.165, 1.54) is 0 Å². The average Bonchev–Trinajstić information content (AvgIpc) is 2.93. The van der Waals surface area contributed by atoms with Gasteiger partial charge in [0.15, 0.2) is 17.5 Å². The maximum absolute atomic E-state index is 13.3. The van der Waals surface area contributed by atoms with E-state index in [0.717, 1.165) is 31.6 Å². The number of ether oxygens (including phenoxy) is 1. The fourth-order valence-electron chi connectivity index (χ4n) is 1.97. The van der Waals surface area contributed by atoms with E-state index in [4.69, 9.17) is 4.74 Å². The molecule has 1 fully saturated rings. The van der Waals surface area contributed by atoms with Crippen molar-refractivity contribution in [3.8, 4) is 0 Å². The lowest BCUT2D eigenvalue weighted by Gasteiger charge is -2.11. The smallest absolute Gasteiger partial charge is 0.238 e. The summed E-state index contributed by atoms with van der Waals surface area (Å²) in [7, 11) is 0. The number of amides is 1. The van der Waals surface area contributed by atoms with E-state index >= 15 is 0 Å². The molecule has 1 atom stereocenters. The van der Waals surface area contributed by atoms with Gasteiger partial charge in [-0.2, -0.15) is 0 Å². The molecule has 1 aliphatic rings. The van der Waals surface area contributed by atoms with Gasteiger partial charge in [0, 0.05) is 13.2 Å². The van der Waals surface area contributed by atoms with Crippen molar-refractivity contribution in [1.29, 1.82) is 0 Å². The fourth-order valence-corrected chi connectivity index (χ4v) is 1.97. The van der Waals surface area contributed by atoms with Crippen LogP contribution in [-0.2, 0) is 9.53 Å². The quantitative estimate of drug-likeness (QED) is 0.813. The second kappa shape index (κ2) is 6.71. The van der Waals surface area contributed by atoms with Crippen LogP contribution >= 0.6 is 0 Å². The zero-order valence-electron chi connectivity index (χ0n) is 10.7. The third kappa shape index (κ3) is 3.71. The lowest BCUT2D eigenvalue weighted by Crippen LogP contribution is -2.33. The van der Waals surface area contributed by atoms with Gasteiger partial charge in [0.05, 0.1) is 18.3 Å². The van der Waals surface area contributed by atoms with Gasteiger partial charge in [-0.1, -0.05) is 0 Å². The van der Waals surface area contributed by atoms with Gasteiger partial charge in [0.25, 0.3) is 0 Å². The molecule has 0 aliphatic carbocycles. The molecule has 1 aliphatic heterocycles. The summed E-state index contributed by atoms with van der Waals surface area (Å²) in [5.74, 6) is -4.84. The van der Waals surface area contributed by atoms with Crippen LogP contribution in [0.1, 0.15) is 12.8 Å². The Balaban J connectivity index is 1.80. The van der Waals surface area contributed by atoms with Crippen LogP contribution in [-0.4, -0.2) is 31.7 Å². The first-order chi connectivity index (χ1) is 9.58. The largest absolute Gasteiger partial charge is 0.377 e. The van der Waals surface area contributed by atoms with Crippen LogP contribution in [0, 0.1) is 17.5 Å². The maximum atomic E-state index is 13.3. The Morgan fingerprint density at radius 2 is 2.10 bits per heavy atom. The van der Waals surface area contributed by atoms with Crippen molar-refractivity contribution in [3.05, 3.63) is 29.6 Å². The Bertz CT molecular complexity index is 491. The van der Waals surface area contributed by atoms with Crippen molar-refractivity contribution in [1.82, 2.24) is 5.32 Å². The average molecular weight is 288 g/mol. The second-order valence-electron chi connectivity index (χ2n) is 4.54. The number of carbonyl (C=O) groups excluding carboxylic acids is 1. The van der Waals surface area contributed by atoms with Gasteiger partial charge in [-0.05, 0) is 25.0 Å². The number of hydrogen-bond donors (Lipinski definition) is 2. The van der Waals surface area contributed by atoms with Crippen LogP contribution < -0.4 is 10.6 Å². The van der Waals surface area contributed by atoms with E-state index in [0.29, 0.717) is 6.54 Å². The standard InChI is InChI=1S/C13H15F3N2O2/c14-9-3-4-10(13(16)12(9)15)18-11(19)7-17-6-8-2-1-5-20-8/h3-4,8,17H,1-2,5-7H2,(H,18,19). The highest BCUT2D eigenvalue weighted by Crippen LogP contribution is 2.19. The number of hydrogen-bond acceptors (Lipinski definition) is 3. The van der Waals surface area contributed by atoms with Gasteiger partial charge >= 0.3 is 0 Å². The van der Waals surface area contributed by atoms with Crippen molar-refractivity contribution >= 4 is 11.6 Å². The fraction of sp³-hybridized carbons (Fsp3) is 0.462. The SMILES string of the molecule is O=C(CNCC1CCCO1)Nc1ccc(F)c(F)c1F. The molecule has 0 aromatic heterocycles. The first-order valence-electron chi connectivity index (χ1n) is 6.33. The molecule has 1 aromatic rings. The van der Waals surface area contributed by atoms with Gasteiger partial charge in [-0.15, -0.1) is 0 Å². The second-order valence-corrected chi connectivity index (χ2v) is 4.54. The maximum Gasteiger partial charge on any atom is 0.238 e. The highest BCUT2D eigenvalue weighted by atomic mass is 19.2. The molecule has 0 bridgehead atoms. The summed E-state index contributed by atoms with van der Waals surface area (Å²) >= 11 is 0. The first kappa shape index (κ1) is 14.8. The number of nitrogens with one attached hydrogen (secondary N) is 2. The summed E-state index contributed by atoms with van der Waals surface area (Å²) in [6, 6.07) is 1.74. The zero-order chi connectivity index (χ0) is 14.5. The molecule has 0 saturated carbocycles. The summed E-state index contributed by atoms with van der Waals surface area (Å²) < 4.78 is 44.4. The summed E-state index contributed by atoms with van der Waals surface area (Å²) in [5.41, 5.74) is -0.382. The Morgan fingerprint density at radius 1 is 1.30 bits per heavy atom. The minimum Gasteiger partial charge on any atom is -0.377 e. The predicted molar refractivity (Wildman–Crippen MR) is 66.8 cm³/mol. The molecule has 1 heterocycles. The van der Waals surface area contributed by atoms with Crippen molar-refractivity contribution in [2.45, 2.75) is 18.9 Å². The van der Waals surface area contributed by atoms with Gasteiger partial charge in [-0.25, -0.2) is 13.2 Å². The van der Waals surface area contributed by atoms with Crippen molar-refractivity contribution in [2.24, 2.45) is 0 Å². The van der Waals surface area contributed by atoms with E-state index in [9.17, 15) is 18.0 Å². The normalized spacial score (nSPS) is 18.2. The molecule has 7 heteroatoms. The molecule has 20 heavy (non-hydrogen) atoms. The molecular weight excluding hydrogens is 273 g/mol. The lowest BCUT2D eigenvalue weighted by atomic mass is 10.2. The van der Waals surface area contributed by atoms with Crippen LogP contribution in [0.4, 0.5) is 18.9 Å². The molecule has 1 aromatic carbocycles. The zero-order valence-corrected chi connectivity index (χ0v) is 10.7. The van der Waals surface area contributed by atoms with Gasteiger partial charge in [0.2, 0.25) is 5.91 Å². The Kier molecular flexibility index (Phi) is 4.97. The minimum absolute atomic E-state index is 0.0572. The first-order valence-corrected chi connectivity index (χ1v) is 6.33. The van der Waals surface area contributed by atoms with E-state index in [1.807, 2.05) is 0 Å². The highest BCUT2D eigenvalue weighted by molar-refractivity contribution is 5.92. The third-order valence-electron chi connectivity index (χ3n) is 2.99. The van der Waals surface area contributed by atoms with Gasteiger partial charge in [-0.3, -0.25) is 4.79 Å². The van der Waals surface area contributed by atoms with Crippen molar-refractivity contribution in [2.75, 3.05) is 25.0 Å². The van der Waals surface area contributed by atoms with Crippen LogP contribution in [0.15, 0.2) is 12.1 Å². The topological polar surface area (TPSA) is 50.4 Å². The Labute approximate surface area is 114 Å². The summed E-state index contributed by atoms with van der Waals surface area (Å²) in [4.78, 5) is 11.5. The molecule has 2 rings (SSSR count).